The second-order valence-corrected chi connectivity index (χ2v) is 9.04. The monoisotopic (exact) mass is 474 g/mol. The van der Waals surface area contributed by atoms with Gasteiger partial charge in [0.25, 0.3) is 11.6 Å². The summed E-state index contributed by atoms with van der Waals surface area (Å²) in [5.41, 5.74) is 1.66. The number of hydrogen-bond donors (Lipinski definition) is 0. The maximum absolute atomic E-state index is 12.5. The number of nitro groups is 1. The van der Waals surface area contributed by atoms with E-state index in [4.69, 9.17) is 4.42 Å². The second kappa shape index (κ2) is 9.66. The number of aliphatic imine (C=N–C) groups is 1. The van der Waals surface area contributed by atoms with Gasteiger partial charge in [0.1, 0.15) is 11.5 Å². The van der Waals surface area contributed by atoms with Crippen molar-refractivity contribution in [1.29, 1.82) is 0 Å². The number of nitro benzene ring substituents is 1. The summed E-state index contributed by atoms with van der Waals surface area (Å²) < 4.78 is 5.80. The fourth-order valence-electron chi connectivity index (χ4n) is 4.02. The van der Waals surface area contributed by atoms with Gasteiger partial charge in [-0.3, -0.25) is 19.8 Å². The van der Waals surface area contributed by atoms with Crippen LogP contribution in [0.25, 0.3) is 17.4 Å². The van der Waals surface area contributed by atoms with E-state index in [9.17, 15) is 14.9 Å². The Hall–Kier alpha value is -3.69. The first-order chi connectivity index (χ1) is 16.6. The molecule has 1 amide bonds. The van der Waals surface area contributed by atoms with E-state index in [1.54, 1.807) is 36.4 Å². The Morgan fingerprint density at radius 2 is 1.74 bits per heavy atom. The molecule has 3 heterocycles. The van der Waals surface area contributed by atoms with Gasteiger partial charge in [-0.25, -0.2) is 0 Å². The summed E-state index contributed by atoms with van der Waals surface area (Å²) >= 11 is 1.34. The summed E-state index contributed by atoms with van der Waals surface area (Å²) in [6.45, 7) is 4.33. The lowest BCUT2D eigenvalue weighted by atomic mass is 10.1. The minimum atomic E-state index is -0.438. The van der Waals surface area contributed by atoms with Crippen LogP contribution in [-0.2, 0) is 11.3 Å². The molecular weight excluding hydrogens is 452 g/mol. The number of thioether (sulfide) groups is 1. The Balaban J connectivity index is 1.22. The standard InChI is InChI=1S/C25H22N4O4S/c30-24-23(16-19-10-11-22(33-19)20-8-4-5-9-21(20)29(31)32)34-25(26-24)28-14-12-27(13-15-28)17-18-6-2-1-3-7-18/h1-11,16H,12-15,17H2/b23-16-. The van der Waals surface area contributed by atoms with Crippen molar-refractivity contribution in [3.05, 3.63) is 93.1 Å². The third-order valence-electron chi connectivity index (χ3n) is 5.77. The maximum Gasteiger partial charge on any atom is 0.286 e. The van der Waals surface area contributed by atoms with Gasteiger partial charge in [-0.05, 0) is 35.5 Å². The third kappa shape index (κ3) is 4.80. The van der Waals surface area contributed by atoms with Crippen molar-refractivity contribution in [3.8, 4) is 11.3 Å². The molecule has 0 radical (unpaired) electrons. The summed E-state index contributed by atoms with van der Waals surface area (Å²) in [7, 11) is 0. The average Bonchev–Trinajstić information content (AvgIpc) is 3.47. The Kier molecular flexibility index (Phi) is 6.29. The molecule has 5 rings (SSSR count). The van der Waals surface area contributed by atoms with Gasteiger partial charge < -0.3 is 9.32 Å². The molecule has 34 heavy (non-hydrogen) atoms. The highest BCUT2D eigenvalue weighted by molar-refractivity contribution is 8.18. The third-order valence-corrected chi connectivity index (χ3v) is 6.81. The van der Waals surface area contributed by atoms with Gasteiger partial charge in [0, 0.05) is 44.9 Å². The largest absolute Gasteiger partial charge is 0.456 e. The Bertz CT molecular complexity index is 1280. The van der Waals surface area contributed by atoms with Crippen LogP contribution in [0.4, 0.5) is 5.69 Å². The topological polar surface area (TPSA) is 92.2 Å². The van der Waals surface area contributed by atoms with E-state index >= 15 is 0 Å². The fourth-order valence-corrected chi connectivity index (χ4v) is 4.96. The van der Waals surface area contributed by atoms with E-state index in [-0.39, 0.29) is 11.6 Å². The van der Waals surface area contributed by atoms with Gasteiger partial charge in [0.15, 0.2) is 5.17 Å². The number of para-hydroxylation sites is 1. The summed E-state index contributed by atoms with van der Waals surface area (Å²) in [6, 6.07) is 20.2. The van der Waals surface area contributed by atoms with Gasteiger partial charge in [-0.1, -0.05) is 42.5 Å². The van der Waals surface area contributed by atoms with Crippen LogP contribution in [0.3, 0.4) is 0 Å². The molecular formula is C25H22N4O4S. The summed E-state index contributed by atoms with van der Waals surface area (Å²) in [5, 5.41) is 12.0. The lowest BCUT2D eigenvalue weighted by Gasteiger charge is -2.35. The lowest BCUT2D eigenvalue weighted by molar-refractivity contribution is -0.384. The molecule has 1 aromatic heterocycles. The average molecular weight is 475 g/mol. The van der Waals surface area contributed by atoms with E-state index in [2.05, 4.69) is 39.1 Å². The molecule has 0 unspecified atom stereocenters. The highest BCUT2D eigenvalue weighted by atomic mass is 32.2. The highest BCUT2D eigenvalue weighted by Crippen LogP contribution is 2.34. The summed E-state index contributed by atoms with van der Waals surface area (Å²) in [4.78, 5) is 32.6. The zero-order valence-electron chi connectivity index (χ0n) is 18.3. The first-order valence-electron chi connectivity index (χ1n) is 10.9. The molecule has 3 aromatic rings. The zero-order chi connectivity index (χ0) is 23.5. The molecule has 0 spiro atoms. The number of rotatable bonds is 5. The SMILES string of the molecule is O=C1N=C(N2CCN(Cc3ccccc3)CC2)S/C1=C\c1ccc(-c2ccccc2[N+](=O)[O-])o1. The van der Waals surface area contributed by atoms with Crippen molar-refractivity contribution in [1.82, 2.24) is 9.80 Å². The number of piperazine rings is 1. The smallest absolute Gasteiger partial charge is 0.286 e. The summed E-state index contributed by atoms with van der Waals surface area (Å²) in [5.74, 6) is 0.536. The van der Waals surface area contributed by atoms with Crippen molar-refractivity contribution in [2.45, 2.75) is 6.54 Å². The van der Waals surface area contributed by atoms with Crippen molar-refractivity contribution in [2.24, 2.45) is 4.99 Å². The molecule has 0 saturated carbocycles. The second-order valence-electron chi connectivity index (χ2n) is 8.04. The van der Waals surface area contributed by atoms with Crippen LogP contribution in [0, 0.1) is 10.1 Å². The van der Waals surface area contributed by atoms with Crippen molar-refractivity contribution in [2.75, 3.05) is 26.2 Å². The van der Waals surface area contributed by atoms with E-state index < -0.39 is 4.92 Å². The number of hydrogen-bond acceptors (Lipinski definition) is 7. The number of nitrogens with zero attached hydrogens (tertiary/aromatic N) is 4. The van der Waals surface area contributed by atoms with E-state index in [0.717, 1.165) is 32.7 Å². The molecule has 0 N–H and O–H groups in total. The number of benzene rings is 2. The molecule has 1 saturated heterocycles. The van der Waals surface area contributed by atoms with Crippen LogP contribution in [0.2, 0.25) is 0 Å². The molecule has 1 fully saturated rings. The fraction of sp³-hybridized carbons (Fsp3) is 0.200. The van der Waals surface area contributed by atoms with Gasteiger partial charge in [-0.2, -0.15) is 4.99 Å². The number of carbonyl (C=O) groups is 1. The highest BCUT2D eigenvalue weighted by Gasteiger charge is 2.29. The first kappa shape index (κ1) is 22.1. The van der Waals surface area contributed by atoms with Crippen LogP contribution in [0.15, 0.2) is 81.0 Å². The molecule has 172 valence electrons. The molecule has 0 aliphatic carbocycles. The van der Waals surface area contributed by atoms with E-state index in [0.29, 0.717) is 27.2 Å². The quantitative estimate of drug-likeness (QED) is 0.302. The van der Waals surface area contributed by atoms with E-state index in [1.807, 2.05) is 6.07 Å². The molecule has 8 nitrogen and oxygen atoms in total. The Labute approximate surface area is 200 Å². The Morgan fingerprint density at radius 1 is 1.00 bits per heavy atom. The Morgan fingerprint density at radius 3 is 2.50 bits per heavy atom. The predicted molar refractivity (Wildman–Crippen MR) is 132 cm³/mol. The number of amidine groups is 1. The minimum absolute atomic E-state index is 0.0283. The maximum atomic E-state index is 12.5. The molecule has 2 aliphatic heterocycles. The van der Waals surface area contributed by atoms with Gasteiger partial charge in [-0.15, -0.1) is 0 Å². The predicted octanol–water partition coefficient (Wildman–Crippen LogP) is 4.64. The van der Waals surface area contributed by atoms with Gasteiger partial charge >= 0.3 is 0 Å². The van der Waals surface area contributed by atoms with Gasteiger partial charge in [0.2, 0.25) is 0 Å². The number of furan rings is 1. The molecule has 9 heteroatoms. The van der Waals surface area contributed by atoms with E-state index in [1.165, 1.54) is 23.4 Å². The number of amides is 1. The molecule has 2 aliphatic rings. The lowest BCUT2D eigenvalue weighted by Crippen LogP contribution is -2.47. The van der Waals surface area contributed by atoms with Crippen LogP contribution < -0.4 is 0 Å². The molecule has 0 atom stereocenters. The van der Waals surface area contributed by atoms with Crippen LogP contribution in [0.5, 0.6) is 0 Å². The van der Waals surface area contributed by atoms with Gasteiger partial charge in [0.05, 0.1) is 15.4 Å². The molecule has 2 aromatic carbocycles. The number of carbonyl (C=O) groups excluding carboxylic acids is 1. The first-order valence-corrected chi connectivity index (χ1v) is 11.8. The van der Waals surface area contributed by atoms with Crippen LogP contribution >= 0.6 is 11.8 Å². The molecule has 0 bridgehead atoms. The van der Waals surface area contributed by atoms with Crippen molar-refractivity contribution in [3.63, 3.8) is 0 Å². The van der Waals surface area contributed by atoms with Crippen LogP contribution in [0.1, 0.15) is 11.3 Å². The minimum Gasteiger partial charge on any atom is -0.456 e. The normalized spacial score (nSPS) is 17.9. The zero-order valence-corrected chi connectivity index (χ0v) is 19.1. The summed E-state index contributed by atoms with van der Waals surface area (Å²) in [6.07, 6.45) is 1.65. The van der Waals surface area contributed by atoms with Crippen molar-refractivity contribution >= 4 is 34.6 Å². The van der Waals surface area contributed by atoms with Crippen molar-refractivity contribution < 1.29 is 14.1 Å². The van der Waals surface area contributed by atoms with Crippen LogP contribution in [-0.4, -0.2) is 52.0 Å².